The van der Waals surface area contributed by atoms with E-state index in [2.05, 4.69) is 15.4 Å². The lowest BCUT2D eigenvalue weighted by Gasteiger charge is -2.01. The van der Waals surface area contributed by atoms with Gasteiger partial charge in [-0.15, -0.1) is 0 Å². The molecular weight excluding hydrogens is 206 g/mol. The molecule has 0 unspecified atom stereocenters. The van der Waals surface area contributed by atoms with Gasteiger partial charge in [-0.25, -0.2) is 10.8 Å². The molecule has 14 heavy (non-hydrogen) atoms. The minimum atomic E-state index is -0.516. The SMILES string of the molecule is CCSc1nc(NN)ncc1[N+](=O)[O-]. The van der Waals surface area contributed by atoms with Crippen LogP contribution in [0.15, 0.2) is 11.2 Å². The summed E-state index contributed by atoms with van der Waals surface area (Å²) in [5.74, 6) is 5.96. The second-order valence-electron chi connectivity index (χ2n) is 2.22. The van der Waals surface area contributed by atoms with Crippen LogP contribution in [-0.2, 0) is 0 Å². The van der Waals surface area contributed by atoms with Gasteiger partial charge < -0.3 is 0 Å². The Morgan fingerprint density at radius 2 is 2.50 bits per heavy atom. The first-order chi connectivity index (χ1) is 6.69. The van der Waals surface area contributed by atoms with Crippen molar-refractivity contribution >= 4 is 23.4 Å². The minimum absolute atomic E-state index is 0.101. The first-order valence-electron chi connectivity index (χ1n) is 3.80. The summed E-state index contributed by atoms with van der Waals surface area (Å²) in [6.07, 6.45) is 1.14. The zero-order chi connectivity index (χ0) is 10.6. The summed E-state index contributed by atoms with van der Waals surface area (Å²) in [6.45, 7) is 1.88. The van der Waals surface area contributed by atoms with Crippen LogP contribution in [0.5, 0.6) is 0 Å². The van der Waals surface area contributed by atoms with Gasteiger partial charge in [-0.1, -0.05) is 18.7 Å². The predicted molar refractivity (Wildman–Crippen MR) is 52.9 cm³/mol. The van der Waals surface area contributed by atoms with Gasteiger partial charge in [0.2, 0.25) is 5.95 Å². The zero-order valence-electron chi connectivity index (χ0n) is 7.43. The van der Waals surface area contributed by atoms with Gasteiger partial charge in [-0.3, -0.25) is 15.5 Å². The van der Waals surface area contributed by atoms with Crippen LogP contribution >= 0.6 is 11.8 Å². The third kappa shape index (κ3) is 2.30. The summed E-state index contributed by atoms with van der Waals surface area (Å²) in [6, 6.07) is 0. The van der Waals surface area contributed by atoms with E-state index in [4.69, 9.17) is 5.84 Å². The zero-order valence-corrected chi connectivity index (χ0v) is 8.24. The van der Waals surface area contributed by atoms with Crippen LogP contribution in [0.1, 0.15) is 6.92 Å². The Kier molecular flexibility index (Phi) is 3.60. The number of aromatic nitrogens is 2. The summed E-state index contributed by atoms with van der Waals surface area (Å²) >= 11 is 1.27. The minimum Gasteiger partial charge on any atom is -0.292 e. The van der Waals surface area contributed by atoms with E-state index in [1.807, 2.05) is 6.92 Å². The highest BCUT2D eigenvalue weighted by Gasteiger charge is 2.16. The lowest BCUT2D eigenvalue weighted by atomic mass is 10.5. The van der Waals surface area contributed by atoms with E-state index in [0.717, 1.165) is 6.20 Å². The van der Waals surface area contributed by atoms with E-state index >= 15 is 0 Å². The number of hydrogen-bond acceptors (Lipinski definition) is 7. The Morgan fingerprint density at radius 3 is 3.00 bits per heavy atom. The normalized spacial score (nSPS) is 9.86. The van der Waals surface area contributed by atoms with Crippen LogP contribution in [0.25, 0.3) is 0 Å². The van der Waals surface area contributed by atoms with Gasteiger partial charge in [0.1, 0.15) is 6.20 Å². The molecule has 0 saturated heterocycles. The number of thioether (sulfide) groups is 1. The quantitative estimate of drug-likeness (QED) is 0.251. The highest BCUT2D eigenvalue weighted by Crippen LogP contribution is 2.26. The standard InChI is InChI=1S/C6H9N5O2S/c1-2-14-5-4(11(12)13)3-8-6(9-5)10-7/h3H,2,7H2,1H3,(H,8,9,10). The molecular formula is C6H9N5O2S. The Hall–Kier alpha value is -1.41. The van der Waals surface area contributed by atoms with Crippen molar-refractivity contribution in [3.05, 3.63) is 16.3 Å². The van der Waals surface area contributed by atoms with E-state index in [9.17, 15) is 10.1 Å². The Bertz CT molecular complexity index is 345. The number of nitrogen functional groups attached to an aromatic ring is 1. The molecule has 0 aromatic carbocycles. The summed E-state index contributed by atoms with van der Waals surface area (Å²) in [5, 5.41) is 10.9. The average molecular weight is 215 g/mol. The summed E-state index contributed by atoms with van der Waals surface area (Å²) in [7, 11) is 0. The molecule has 0 fully saturated rings. The number of nitro groups is 1. The second-order valence-corrected chi connectivity index (χ2v) is 3.47. The summed E-state index contributed by atoms with van der Waals surface area (Å²) in [4.78, 5) is 17.6. The lowest BCUT2D eigenvalue weighted by molar-refractivity contribution is -0.388. The molecule has 0 amide bonds. The number of hydrogen-bond donors (Lipinski definition) is 2. The van der Waals surface area contributed by atoms with Gasteiger partial charge in [0.05, 0.1) is 4.92 Å². The summed E-state index contributed by atoms with van der Waals surface area (Å²) in [5.41, 5.74) is 2.13. The van der Waals surface area contributed by atoms with E-state index < -0.39 is 4.92 Å². The van der Waals surface area contributed by atoms with Crippen LogP contribution in [0.3, 0.4) is 0 Å². The molecule has 1 rings (SSSR count). The fourth-order valence-corrected chi connectivity index (χ4v) is 1.50. The largest absolute Gasteiger partial charge is 0.319 e. The molecule has 0 bridgehead atoms. The van der Waals surface area contributed by atoms with Crippen LogP contribution in [0.2, 0.25) is 0 Å². The third-order valence-electron chi connectivity index (χ3n) is 1.34. The van der Waals surface area contributed by atoms with E-state index in [1.54, 1.807) is 0 Å². The van der Waals surface area contributed by atoms with Crippen molar-refractivity contribution in [3.63, 3.8) is 0 Å². The van der Waals surface area contributed by atoms with Crippen LogP contribution in [-0.4, -0.2) is 20.6 Å². The maximum atomic E-state index is 10.6. The van der Waals surface area contributed by atoms with Gasteiger partial charge in [-0.2, -0.15) is 4.98 Å². The molecule has 0 aliphatic heterocycles. The number of nitrogens with two attached hydrogens (primary N) is 1. The smallest absolute Gasteiger partial charge is 0.292 e. The van der Waals surface area contributed by atoms with Crippen molar-refractivity contribution in [1.82, 2.24) is 9.97 Å². The maximum absolute atomic E-state index is 10.6. The molecule has 76 valence electrons. The number of anilines is 1. The van der Waals surface area contributed by atoms with Crippen molar-refractivity contribution in [2.75, 3.05) is 11.2 Å². The number of nitrogens with zero attached hydrogens (tertiary/aromatic N) is 3. The molecule has 0 spiro atoms. The molecule has 3 N–H and O–H groups in total. The maximum Gasteiger partial charge on any atom is 0.319 e. The van der Waals surface area contributed by atoms with Gasteiger partial charge in [-0.05, 0) is 5.75 Å². The fraction of sp³-hybridized carbons (Fsp3) is 0.333. The Morgan fingerprint density at radius 1 is 1.79 bits per heavy atom. The molecule has 7 nitrogen and oxygen atoms in total. The molecule has 0 aliphatic rings. The number of hydrazine groups is 1. The molecule has 0 atom stereocenters. The van der Waals surface area contributed by atoms with Crippen LogP contribution in [0.4, 0.5) is 11.6 Å². The summed E-state index contributed by atoms with van der Waals surface area (Å²) < 4.78 is 0. The predicted octanol–water partition coefficient (Wildman–Crippen LogP) is 0.782. The molecule has 0 radical (unpaired) electrons. The van der Waals surface area contributed by atoms with E-state index in [-0.39, 0.29) is 11.6 Å². The molecule has 1 heterocycles. The van der Waals surface area contributed by atoms with Gasteiger partial charge in [0, 0.05) is 0 Å². The Balaban J connectivity index is 3.10. The molecule has 1 aromatic heterocycles. The fourth-order valence-electron chi connectivity index (χ4n) is 0.798. The second kappa shape index (κ2) is 4.72. The van der Waals surface area contributed by atoms with Crippen molar-refractivity contribution < 1.29 is 4.92 Å². The van der Waals surface area contributed by atoms with Crippen molar-refractivity contribution in [2.45, 2.75) is 11.9 Å². The van der Waals surface area contributed by atoms with Crippen molar-refractivity contribution in [1.29, 1.82) is 0 Å². The number of rotatable bonds is 4. The molecule has 8 heteroatoms. The van der Waals surface area contributed by atoms with E-state index in [0.29, 0.717) is 10.8 Å². The molecule has 0 aliphatic carbocycles. The first kappa shape index (κ1) is 10.7. The topological polar surface area (TPSA) is 107 Å². The van der Waals surface area contributed by atoms with Gasteiger partial charge >= 0.3 is 5.69 Å². The van der Waals surface area contributed by atoms with E-state index in [1.165, 1.54) is 11.8 Å². The van der Waals surface area contributed by atoms with Crippen molar-refractivity contribution in [2.24, 2.45) is 5.84 Å². The van der Waals surface area contributed by atoms with Crippen molar-refractivity contribution in [3.8, 4) is 0 Å². The number of nitrogens with one attached hydrogen (secondary N) is 1. The third-order valence-corrected chi connectivity index (χ3v) is 2.21. The van der Waals surface area contributed by atoms with Gasteiger partial charge in [0.15, 0.2) is 5.03 Å². The molecule has 0 saturated carbocycles. The average Bonchev–Trinajstić information content (AvgIpc) is 2.17. The van der Waals surface area contributed by atoms with Crippen LogP contribution in [0, 0.1) is 10.1 Å². The Labute approximate surface area is 84.2 Å². The lowest BCUT2D eigenvalue weighted by Crippen LogP contribution is -2.11. The molecule has 1 aromatic rings. The monoisotopic (exact) mass is 215 g/mol. The van der Waals surface area contributed by atoms with Gasteiger partial charge in [0.25, 0.3) is 0 Å². The first-order valence-corrected chi connectivity index (χ1v) is 4.78. The highest BCUT2D eigenvalue weighted by molar-refractivity contribution is 7.99. The van der Waals surface area contributed by atoms with Crippen LogP contribution < -0.4 is 11.3 Å². The highest BCUT2D eigenvalue weighted by atomic mass is 32.2.